The van der Waals surface area contributed by atoms with Gasteiger partial charge in [-0.05, 0) is 37.5 Å². The summed E-state index contributed by atoms with van der Waals surface area (Å²) in [6.45, 7) is 2.25. The molecule has 0 spiro atoms. The number of benzene rings is 1. The minimum Gasteiger partial charge on any atom is -0.480 e. The summed E-state index contributed by atoms with van der Waals surface area (Å²) >= 11 is 5.98. The first-order chi connectivity index (χ1) is 8.52. The van der Waals surface area contributed by atoms with Crippen molar-refractivity contribution < 1.29 is 14.7 Å². The first kappa shape index (κ1) is 12.9. The zero-order valence-corrected chi connectivity index (χ0v) is 10.8. The van der Waals surface area contributed by atoms with Crippen molar-refractivity contribution in [2.24, 2.45) is 0 Å². The molecule has 0 aromatic heterocycles. The van der Waals surface area contributed by atoms with Gasteiger partial charge in [0.1, 0.15) is 6.04 Å². The van der Waals surface area contributed by atoms with E-state index in [4.69, 9.17) is 16.7 Å². The van der Waals surface area contributed by atoms with Gasteiger partial charge < -0.3 is 10.0 Å². The Morgan fingerprint density at radius 1 is 1.44 bits per heavy atom. The second kappa shape index (κ2) is 4.98. The number of carboxylic acids is 1. The lowest BCUT2D eigenvalue weighted by Gasteiger charge is -2.22. The van der Waals surface area contributed by atoms with Crippen molar-refractivity contribution in [2.75, 3.05) is 6.54 Å². The van der Waals surface area contributed by atoms with Crippen LogP contribution in [0.1, 0.15) is 28.8 Å². The molecule has 1 atom stereocenters. The predicted molar refractivity (Wildman–Crippen MR) is 67.9 cm³/mol. The largest absolute Gasteiger partial charge is 0.480 e. The molecule has 1 aromatic rings. The topological polar surface area (TPSA) is 57.6 Å². The highest BCUT2D eigenvalue weighted by Crippen LogP contribution is 2.24. The number of nitrogens with zero attached hydrogens (tertiary/aromatic N) is 1. The van der Waals surface area contributed by atoms with E-state index in [1.54, 1.807) is 25.1 Å². The molecular weight excluding hydrogens is 254 g/mol. The summed E-state index contributed by atoms with van der Waals surface area (Å²) in [7, 11) is 0. The van der Waals surface area contributed by atoms with Gasteiger partial charge in [0.05, 0.1) is 0 Å². The number of halogens is 1. The van der Waals surface area contributed by atoms with Gasteiger partial charge in [-0.3, -0.25) is 4.79 Å². The number of carbonyl (C=O) groups excluding carboxylic acids is 1. The van der Waals surface area contributed by atoms with E-state index in [1.807, 2.05) is 0 Å². The number of amides is 1. The lowest BCUT2D eigenvalue weighted by molar-refractivity contribution is -0.141. The number of rotatable bonds is 2. The highest BCUT2D eigenvalue weighted by Gasteiger charge is 2.34. The number of carboxylic acid groups (broad SMARTS) is 1. The Hall–Kier alpha value is -1.55. The highest BCUT2D eigenvalue weighted by molar-refractivity contribution is 6.31. The average molecular weight is 268 g/mol. The van der Waals surface area contributed by atoms with Crippen molar-refractivity contribution in [3.05, 3.63) is 34.3 Å². The maximum atomic E-state index is 12.3. The van der Waals surface area contributed by atoms with Gasteiger partial charge in [-0.1, -0.05) is 17.7 Å². The van der Waals surface area contributed by atoms with Crippen LogP contribution in [0.3, 0.4) is 0 Å². The maximum Gasteiger partial charge on any atom is 0.326 e. The lowest BCUT2D eigenvalue weighted by atomic mass is 10.1. The SMILES string of the molecule is Cc1c(Cl)cccc1C(=O)N1CCCC1C(=O)O. The molecule has 0 aliphatic carbocycles. The first-order valence-corrected chi connectivity index (χ1v) is 6.19. The van der Waals surface area contributed by atoms with Crippen LogP contribution in [0.5, 0.6) is 0 Å². The van der Waals surface area contributed by atoms with Gasteiger partial charge in [0.2, 0.25) is 0 Å². The Labute approximate surface area is 110 Å². The molecule has 0 bridgehead atoms. The number of likely N-dealkylation sites (tertiary alicyclic amines) is 1. The Balaban J connectivity index is 2.31. The fourth-order valence-electron chi connectivity index (χ4n) is 2.26. The van der Waals surface area contributed by atoms with Crippen molar-refractivity contribution in [2.45, 2.75) is 25.8 Å². The summed E-state index contributed by atoms with van der Waals surface area (Å²) in [4.78, 5) is 24.8. The fourth-order valence-corrected chi connectivity index (χ4v) is 2.43. The first-order valence-electron chi connectivity index (χ1n) is 5.81. The molecule has 1 unspecified atom stereocenters. The third-order valence-corrected chi connectivity index (χ3v) is 3.71. The summed E-state index contributed by atoms with van der Waals surface area (Å²) in [5.74, 6) is -1.19. The number of hydrogen-bond donors (Lipinski definition) is 1. The van der Waals surface area contributed by atoms with Crippen LogP contribution >= 0.6 is 11.6 Å². The van der Waals surface area contributed by atoms with E-state index in [0.717, 1.165) is 6.42 Å². The number of aliphatic carboxylic acids is 1. The maximum absolute atomic E-state index is 12.3. The second-order valence-corrected chi connectivity index (χ2v) is 4.81. The third-order valence-electron chi connectivity index (χ3n) is 3.30. The number of carbonyl (C=O) groups is 2. The van der Waals surface area contributed by atoms with Crippen LogP contribution in [0, 0.1) is 6.92 Å². The van der Waals surface area contributed by atoms with Crippen LogP contribution in [-0.4, -0.2) is 34.5 Å². The highest BCUT2D eigenvalue weighted by atomic mass is 35.5. The Morgan fingerprint density at radius 2 is 2.17 bits per heavy atom. The van der Waals surface area contributed by atoms with Crippen LogP contribution in [-0.2, 0) is 4.79 Å². The normalized spacial score (nSPS) is 19.0. The molecule has 96 valence electrons. The van der Waals surface area contributed by atoms with Gasteiger partial charge in [-0.2, -0.15) is 0 Å². The van der Waals surface area contributed by atoms with Gasteiger partial charge in [-0.25, -0.2) is 4.79 Å². The third kappa shape index (κ3) is 2.20. The van der Waals surface area contributed by atoms with Crippen molar-refractivity contribution >= 4 is 23.5 Å². The molecule has 1 aliphatic heterocycles. The summed E-state index contributed by atoms with van der Waals surface area (Å²) < 4.78 is 0. The molecule has 1 aromatic carbocycles. The summed E-state index contributed by atoms with van der Waals surface area (Å²) in [6, 6.07) is 4.39. The minimum atomic E-state index is -0.944. The summed E-state index contributed by atoms with van der Waals surface area (Å²) in [5.41, 5.74) is 1.18. The second-order valence-electron chi connectivity index (χ2n) is 4.41. The molecule has 1 saturated heterocycles. The Bertz CT molecular complexity index is 501. The van der Waals surface area contributed by atoms with Crippen molar-refractivity contribution in [3.8, 4) is 0 Å². The van der Waals surface area contributed by atoms with E-state index in [9.17, 15) is 9.59 Å². The molecule has 1 fully saturated rings. The summed E-state index contributed by atoms with van der Waals surface area (Å²) in [5, 5.41) is 9.60. The molecule has 2 rings (SSSR count). The molecule has 0 saturated carbocycles. The fraction of sp³-hybridized carbons (Fsp3) is 0.385. The molecule has 0 radical (unpaired) electrons. The lowest BCUT2D eigenvalue weighted by Crippen LogP contribution is -2.40. The van der Waals surface area contributed by atoms with E-state index < -0.39 is 12.0 Å². The van der Waals surface area contributed by atoms with Crippen LogP contribution in [0.25, 0.3) is 0 Å². The molecule has 1 amide bonds. The Morgan fingerprint density at radius 3 is 2.83 bits per heavy atom. The van der Waals surface area contributed by atoms with Crippen LogP contribution in [0.4, 0.5) is 0 Å². The quantitative estimate of drug-likeness (QED) is 0.895. The van der Waals surface area contributed by atoms with Gasteiger partial charge in [-0.15, -0.1) is 0 Å². The average Bonchev–Trinajstić information content (AvgIpc) is 2.81. The predicted octanol–water partition coefficient (Wildman–Crippen LogP) is 2.34. The molecule has 5 heteroatoms. The zero-order chi connectivity index (χ0) is 13.3. The van der Waals surface area contributed by atoms with Crippen molar-refractivity contribution in [1.82, 2.24) is 4.90 Å². The molecule has 1 N–H and O–H groups in total. The van der Waals surface area contributed by atoms with Crippen LogP contribution in [0.2, 0.25) is 5.02 Å². The molecular formula is C13H14ClNO3. The Kier molecular flexibility index (Phi) is 3.57. The van der Waals surface area contributed by atoms with Crippen LogP contribution in [0.15, 0.2) is 18.2 Å². The standard InChI is InChI=1S/C13H14ClNO3/c1-8-9(4-2-5-10(8)14)12(16)15-7-3-6-11(15)13(17)18/h2,4-5,11H,3,6-7H2,1H3,(H,17,18). The van der Waals surface area contributed by atoms with Crippen molar-refractivity contribution in [1.29, 1.82) is 0 Å². The smallest absolute Gasteiger partial charge is 0.326 e. The van der Waals surface area contributed by atoms with Gasteiger partial charge in [0.25, 0.3) is 5.91 Å². The van der Waals surface area contributed by atoms with Crippen LogP contribution < -0.4 is 0 Å². The van der Waals surface area contributed by atoms with Crippen molar-refractivity contribution in [3.63, 3.8) is 0 Å². The number of hydrogen-bond acceptors (Lipinski definition) is 2. The zero-order valence-electron chi connectivity index (χ0n) is 10.0. The molecule has 1 aliphatic rings. The minimum absolute atomic E-state index is 0.250. The van der Waals surface area contributed by atoms with Gasteiger partial charge in [0, 0.05) is 17.1 Å². The summed E-state index contributed by atoms with van der Waals surface area (Å²) in [6.07, 6.45) is 1.24. The van der Waals surface area contributed by atoms with E-state index in [-0.39, 0.29) is 5.91 Å². The molecule has 18 heavy (non-hydrogen) atoms. The molecule has 1 heterocycles. The van der Waals surface area contributed by atoms with Gasteiger partial charge in [0.15, 0.2) is 0 Å². The van der Waals surface area contributed by atoms with E-state index in [0.29, 0.717) is 29.1 Å². The molecule has 4 nitrogen and oxygen atoms in total. The van der Waals surface area contributed by atoms with E-state index >= 15 is 0 Å². The monoisotopic (exact) mass is 267 g/mol. The van der Waals surface area contributed by atoms with E-state index in [2.05, 4.69) is 0 Å². The van der Waals surface area contributed by atoms with E-state index in [1.165, 1.54) is 4.90 Å². The van der Waals surface area contributed by atoms with Gasteiger partial charge >= 0.3 is 5.97 Å².